The van der Waals surface area contributed by atoms with Gasteiger partial charge in [-0.25, -0.2) is 8.42 Å². The van der Waals surface area contributed by atoms with Crippen molar-refractivity contribution in [2.45, 2.75) is 18.4 Å². The molecule has 9 heteroatoms. The number of benzene rings is 2. The van der Waals surface area contributed by atoms with E-state index in [1.807, 2.05) is 37.3 Å². The third kappa shape index (κ3) is 6.71. The first-order chi connectivity index (χ1) is 13.7. The molecule has 152 valence electrons. The number of nitrogens with one attached hydrogen (secondary N) is 1. The van der Waals surface area contributed by atoms with Gasteiger partial charge in [0.2, 0.25) is 10.0 Å². The van der Waals surface area contributed by atoms with E-state index in [0.717, 1.165) is 11.1 Å². The number of amides is 1. The summed E-state index contributed by atoms with van der Waals surface area (Å²) in [4.78, 5) is 25.2. The molecule has 0 heterocycles. The summed E-state index contributed by atoms with van der Waals surface area (Å²) in [7, 11) is -2.35. The number of likely N-dealkylation sites (N-methyl/N-ethyl adjacent to an activating group) is 1. The maximum absolute atomic E-state index is 12.1. The van der Waals surface area contributed by atoms with Gasteiger partial charge in [0.25, 0.3) is 5.91 Å². The Morgan fingerprint density at radius 3 is 2.31 bits per heavy atom. The van der Waals surface area contributed by atoms with Crippen LogP contribution in [0.25, 0.3) is 0 Å². The van der Waals surface area contributed by atoms with Crippen molar-refractivity contribution in [2.24, 2.45) is 0 Å². The van der Waals surface area contributed by atoms with Gasteiger partial charge in [-0.05, 0) is 36.8 Å². The third-order valence-corrected chi connectivity index (χ3v) is 5.44. The number of carbonyl (C=O) groups excluding carboxylic acids is 2. The zero-order valence-electron chi connectivity index (χ0n) is 16.1. The fraction of sp³-hybridized carbons (Fsp3) is 0.250. The summed E-state index contributed by atoms with van der Waals surface area (Å²) < 4.78 is 31.2. The Bertz CT molecular complexity index is 1010. The van der Waals surface area contributed by atoms with Crippen LogP contribution in [0.1, 0.15) is 16.7 Å². The lowest BCUT2D eigenvalue weighted by molar-refractivity contribution is -0.150. The second-order valence-corrected chi connectivity index (χ2v) is 8.12. The van der Waals surface area contributed by atoms with E-state index in [1.165, 1.54) is 29.2 Å². The highest BCUT2D eigenvalue weighted by molar-refractivity contribution is 7.89. The second kappa shape index (κ2) is 9.82. The fourth-order valence-corrected chi connectivity index (χ4v) is 3.27. The smallest absolute Gasteiger partial charge is 0.321 e. The van der Waals surface area contributed by atoms with Crippen LogP contribution in [0.3, 0.4) is 0 Å². The second-order valence-electron chi connectivity index (χ2n) is 6.36. The monoisotopic (exact) mass is 415 g/mol. The van der Waals surface area contributed by atoms with E-state index >= 15 is 0 Å². The van der Waals surface area contributed by atoms with E-state index in [1.54, 1.807) is 7.05 Å². The highest BCUT2D eigenvalue weighted by atomic mass is 32.2. The third-order valence-electron chi connectivity index (χ3n) is 4.02. The average Bonchev–Trinajstić information content (AvgIpc) is 2.72. The number of ether oxygens (including phenoxy) is 1. The van der Waals surface area contributed by atoms with Crippen molar-refractivity contribution in [3.63, 3.8) is 0 Å². The summed E-state index contributed by atoms with van der Waals surface area (Å²) in [5, 5.41) is 8.74. The largest absolute Gasteiger partial charge is 0.455 e. The van der Waals surface area contributed by atoms with Crippen molar-refractivity contribution >= 4 is 21.9 Å². The lowest BCUT2D eigenvalue weighted by Gasteiger charge is -2.17. The van der Waals surface area contributed by atoms with Crippen molar-refractivity contribution in [2.75, 3.05) is 20.2 Å². The lowest BCUT2D eigenvalue weighted by atomic mass is 10.1. The predicted octanol–water partition coefficient (Wildman–Crippen LogP) is 1.35. The van der Waals surface area contributed by atoms with Gasteiger partial charge in [-0.15, -0.1) is 0 Å². The van der Waals surface area contributed by atoms with E-state index in [-0.39, 0.29) is 4.90 Å². The van der Waals surface area contributed by atoms with Crippen LogP contribution in [-0.2, 0) is 30.9 Å². The van der Waals surface area contributed by atoms with Gasteiger partial charge in [0.05, 0.1) is 16.5 Å². The number of hydrogen-bond acceptors (Lipinski definition) is 6. The SMILES string of the molecule is Cc1ccc(CN(C)C(=O)COC(=O)CNS(=O)(=O)c2ccc(C#N)cc2)cc1. The first-order valence-corrected chi connectivity index (χ1v) is 10.1. The predicted molar refractivity (Wildman–Crippen MR) is 105 cm³/mol. The van der Waals surface area contributed by atoms with Gasteiger partial charge in [0.15, 0.2) is 6.61 Å². The molecule has 0 spiro atoms. The topological polar surface area (TPSA) is 117 Å². The Hall–Kier alpha value is -3.22. The normalized spacial score (nSPS) is 10.8. The molecule has 2 rings (SSSR count). The van der Waals surface area contributed by atoms with Crippen molar-refractivity contribution in [3.8, 4) is 6.07 Å². The summed E-state index contributed by atoms with van der Waals surface area (Å²) in [6.07, 6.45) is 0. The summed E-state index contributed by atoms with van der Waals surface area (Å²) in [6.45, 7) is 1.23. The minimum Gasteiger partial charge on any atom is -0.455 e. The van der Waals surface area contributed by atoms with Gasteiger partial charge in [-0.2, -0.15) is 9.98 Å². The summed E-state index contributed by atoms with van der Waals surface area (Å²) in [6, 6.07) is 14.8. The molecule has 2 aromatic carbocycles. The van der Waals surface area contributed by atoms with Gasteiger partial charge in [-0.1, -0.05) is 29.8 Å². The number of esters is 1. The van der Waals surface area contributed by atoms with E-state index in [9.17, 15) is 18.0 Å². The average molecular weight is 415 g/mol. The molecule has 0 aliphatic carbocycles. The van der Waals surface area contributed by atoms with Gasteiger partial charge >= 0.3 is 5.97 Å². The van der Waals surface area contributed by atoms with Crippen LogP contribution in [0.5, 0.6) is 0 Å². The Morgan fingerprint density at radius 2 is 1.72 bits per heavy atom. The Morgan fingerprint density at radius 1 is 1.10 bits per heavy atom. The number of nitriles is 1. The zero-order valence-corrected chi connectivity index (χ0v) is 16.9. The van der Waals surface area contributed by atoms with E-state index in [2.05, 4.69) is 4.72 Å². The number of hydrogen-bond donors (Lipinski definition) is 1. The molecule has 0 aromatic heterocycles. The number of sulfonamides is 1. The molecule has 0 atom stereocenters. The molecule has 0 saturated heterocycles. The molecule has 1 N–H and O–H groups in total. The molecule has 0 fully saturated rings. The molecule has 0 aliphatic rings. The quantitative estimate of drug-likeness (QED) is 0.651. The molecule has 1 amide bonds. The molecule has 0 radical (unpaired) electrons. The Balaban J connectivity index is 1.80. The highest BCUT2D eigenvalue weighted by Gasteiger charge is 2.17. The Labute approximate surface area is 169 Å². The van der Waals surface area contributed by atoms with Gasteiger partial charge < -0.3 is 9.64 Å². The van der Waals surface area contributed by atoms with Crippen molar-refractivity contribution in [3.05, 3.63) is 65.2 Å². The van der Waals surface area contributed by atoms with Gasteiger partial charge in [-0.3, -0.25) is 9.59 Å². The molecule has 0 aliphatic heterocycles. The van der Waals surface area contributed by atoms with Gasteiger partial charge in [0.1, 0.15) is 6.54 Å². The number of carbonyl (C=O) groups is 2. The minimum absolute atomic E-state index is 0.0850. The van der Waals surface area contributed by atoms with Crippen molar-refractivity contribution < 1.29 is 22.7 Å². The maximum atomic E-state index is 12.1. The molecule has 8 nitrogen and oxygen atoms in total. The van der Waals surface area contributed by atoms with Crippen LogP contribution < -0.4 is 4.72 Å². The molecular formula is C20H21N3O5S. The van der Waals surface area contributed by atoms with E-state index < -0.39 is 35.1 Å². The minimum atomic E-state index is -3.94. The Kier molecular flexibility index (Phi) is 7.47. The molecule has 0 bridgehead atoms. The van der Waals surface area contributed by atoms with E-state index in [0.29, 0.717) is 12.1 Å². The molecule has 2 aromatic rings. The van der Waals surface area contributed by atoms with Crippen LogP contribution in [0.15, 0.2) is 53.4 Å². The first-order valence-electron chi connectivity index (χ1n) is 8.66. The lowest BCUT2D eigenvalue weighted by Crippen LogP contribution is -2.34. The maximum Gasteiger partial charge on any atom is 0.321 e. The molecular weight excluding hydrogens is 394 g/mol. The standard InChI is InChI=1S/C20H21N3O5S/c1-15-3-5-17(6-4-15)13-23(2)19(24)14-28-20(25)12-22-29(26,27)18-9-7-16(11-21)8-10-18/h3-10,22H,12-14H2,1-2H3. The van der Waals surface area contributed by atoms with Gasteiger partial charge in [0, 0.05) is 13.6 Å². The number of nitrogens with zero attached hydrogens (tertiary/aromatic N) is 2. The summed E-state index contributed by atoms with van der Waals surface area (Å²) in [5.74, 6) is -1.28. The molecule has 0 saturated carbocycles. The van der Waals surface area contributed by atoms with Crippen LogP contribution >= 0.6 is 0 Å². The first kappa shape index (κ1) is 22.1. The molecule has 0 unspecified atom stereocenters. The number of aryl methyl sites for hydroxylation is 1. The van der Waals surface area contributed by atoms with E-state index in [4.69, 9.17) is 10.00 Å². The van der Waals surface area contributed by atoms with Crippen LogP contribution in [-0.4, -0.2) is 45.4 Å². The molecule has 29 heavy (non-hydrogen) atoms. The number of rotatable bonds is 8. The van der Waals surface area contributed by atoms with Crippen molar-refractivity contribution in [1.82, 2.24) is 9.62 Å². The van der Waals surface area contributed by atoms with Crippen LogP contribution in [0, 0.1) is 18.3 Å². The summed E-state index contributed by atoms with van der Waals surface area (Å²) in [5.41, 5.74) is 2.37. The van der Waals surface area contributed by atoms with Crippen LogP contribution in [0.4, 0.5) is 0 Å². The fourth-order valence-electron chi connectivity index (χ4n) is 2.30. The zero-order chi connectivity index (χ0) is 21.4. The van der Waals surface area contributed by atoms with Crippen LogP contribution in [0.2, 0.25) is 0 Å². The van der Waals surface area contributed by atoms with Crippen molar-refractivity contribution in [1.29, 1.82) is 5.26 Å². The highest BCUT2D eigenvalue weighted by Crippen LogP contribution is 2.10. The summed E-state index contributed by atoms with van der Waals surface area (Å²) >= 11 is 0.